The summed E-state index contributed by atoms with van der Waals surface area (Å²) in [4.78, 5) is 13.5. The van der Waals surface area contributed by atoms with Gasteiger partial charge in [0.15, 0.2) is 0 Å². The zero-order valence-corrected chi connectivity index (χ0v) is 9.42. The third-order valence-corrected chi connectivity index (χ3v) is 1.95. The zero-order chi connectivity index (χ0) is 10.4. The lowest BCUT2D eigenvalue weighted by atomic mass is 10.3. The van der Waals surface area contributed by atoms with Gasteiger partial charge >= 0.3 is 0 Å². The number of carbonyl (C=O) groups excluding carboxylic acids is 1. The van der Waals surface area contributed by atoms with Gasteiger partial charge in [0.25, 0.3) is 0 Å². The molecule has 0 saturated heterocycles. The largest absolute Gasteiger partial charge is 0.339 e. The van der Waals surface area contributed by atoms with Crippen LogP contribution in [0, 0.1) is 0 Å². The molecule has 0 unspecified atom stereocenters. The van der Waals surface area contributed by atoms with Crippen molar-refractivity contribution in [2.24, 2.45) is 0 Å². The smallest absolute Gasteiger partial charge is 0.236 e. The Hall–Kier alpha value is -0.570. The molecule has 78 valence electrons. The molecule has 13 heavy (non-hydrogen) atoms. The summed E-state index contributed by atoms with van der Waals surface area (Å²) in [7, 11) is 0. The standard InChI is InChI=1S/C10H22N2O/c1-6-12(9(4)5)10(13)7-11-8(2)3/h8-9,11H,6-7H2,1-5H3. The van der Waals surface area contributed by atoms with Crippen molar-refractivity contribution in [3.63, 3.8) is 0 Å². The maximum absolute atomic E-state index is 11.6. The summed E-state index contributed by atoms with van der Waals surface area (Å²) >= 11 is 0. The summed E-state index contributed by atoms with van der Waals surface area (Å²) in [6, 6.07) is 0.668. The molecule has 0 rings (SSSR count). The molecule has 0 spiro atoms. The van der Waals surface area contributed by atoms with Crippen LogP contribution in [0.15, 0.2) is 0 Å². The number of amides is 1. The number of hydrogen-bond acceptors (Lipinski definition) is 2. The first-order valence-corrected chi connectivity index (χ1v) is 5.01. The number of rotatable bonds is 5. The molecule has 0 heterocycles. The van der Waals surface area contributed by atoms with Crippen LogP contribution < -0.4 is 5.32 Å². The third-order valence-electron chi connectivity index (χ3n) is 1.95. The van der Waals surface area contributed by atoms with Crippen molar-refractivity contribution in [2.45, 2.75) is 46.7 Å². The van der Waals surface area contributed by atoms with E-state index in [-0.39, 0.29) is 5.91 Å². The number of carbonyl (C=O) groups is 1. The summed E-state index contributed by atoms with van der Waals surface area (Å²) in [6.45, 7) is 11.4. The molecule has 0 radical (unpaired) electrons. The molecule has 0 bridgehead atoms. The van der Waals surface area contributed by atoms with Gasteiger partial charge in [-0.25, -0.2) is 0 Å². The van der Waals surface area contributed by atoms with E-state index >= 15 is 0 Å². The number of nitrogens with one attached hydrogen (secondary N) is 1. The number of likely N-dealkylation sites (N-methyl/N-ethyl adjacent to an activating group) is 1. The number of nitrogens with zero attached hydrogens (tertiary/aromatic N) is 1. The van der Waals surface area contributed by atoms with E-state index < -0.39 is 0 Å². The van der Waals surface area contributed by atoms with Crippen molar-refractivity contribution in [3.8, 4) is 0 Å². The topological polar surface area (TPSA) is 32.3 Å². The Morgan fingerprint density at radius 2 is 1.85 bits per heavy atom. The first-order valence-electron chi connectivity index (χ1n) is 5.01. The highest BCUT2D eigenvalue weighted by molar-refractivity contribution is 5.78. The molecule has 0 aromatic heterocycles. The van der Waals surface area contributed by atoms with Crippen molar-refractivity contribution in [1.82, 2.24) is 10.2 Å². The molecular formula is C10H22N2O. The minimum atomic E-state index is 0.186. The van der Waals surface area contributed by atoms with Gasteiger partial charge in [-0.1, -0.05) is 13.8 Å². The Balaban J connectivity index is 3.92. The monoisotopic (exact) mass is 186 g/mol. The Morgan fingerprint density at radius 3 is 2.15 bits per heavy atom. The Morgan fingerprint density at radius 1 is 1.31 bits per heavy atom. The van der Waals surface area contributed by atoms with Gasteiger partial charge in [0.05, 0.1) is 6.54 Å². The first kappa shape index (κ1) is 12.4. The highest BCUT2D eigenvalue weighted by Crippen LogP contribution is 1.97. The molecule has 0 fully saturated rings. The van der Waals surface area contributed by atoms with Crippen LogP contribution in [0.5, 0.6) is 0 Å². The van der Waals surface area contributed by atoms with Gasteiger partial charge < -0.3 is 10.2 Å². The summed E-state index contributed by atoms with van der Waals surface area (Å²) in [5.41, 5.74) is 0. The van der Waals surface area contributed by atoms with Crippen LogP contribution in [0.1, 0.15) is 34.6 Å². The van der Waals surface area contributed by atoms with Crippen LogP contribution in [0.3, 0.4) is 0 Å². The van der Waals surface area contributed by atoms with Crippen LogP contribution in [-0.2, 0) is 4.79 Å². The second-order valence-electron chi connectivity index (χ2n) is 3.81. The van der Waals surface area contributed by atoms with E-state index in [0.29, 0.717) is 18.6 Å². The van der Waals surface area contributed by atoms with E-state index in [1.54, 1.807) is 0 Å². The van der Waals surface area contributed by atoms with Crippen LogP contribution in [0.25, 0.3) is 0 Å². The van der Waals surface area contributed by atoms with Crippen LogP contribution in [0.4, 0.5) is 0 Å². The molecule has 0 aromatic rings. The Labute approximate surface area is 81.5 Å². The van der Waals surface area contributed by atoms with E-state index in [1.165, 1.54) is 0 Å². The molecule has 0 aliphatic rings. The van der Waals surface area contributed by atoms with Crippen LogP contribution in [0.2, 0.25) is 0 Å². The molecule has 0 aromatic carbocycles. The highest BCUT2D eigenvalue weighted by atomic mass is 16.2. The lowest BCUT2D eigenvalue weighted by Crippen LogP contribution is -2.43. The third kappa shape index (κ3) is 4.88. The Bertz CT molecular complexity index is 155. The molecule has 1 amide bonds. The van der Waals surface area contributed by atoms with Gasteiger partial charge in [-0.15, -0.1) is 0 Å². The summed E-state index contributed by atoms with van der Waals surface area (Å²) in [5.74, 6) is 0.186. The number of hydrogen-bond donors (Lipinski definition) is 1. The predicted molar refractivity (Wildman–Crippen MR) is 55.7 cm³/mol. The van der Waals surface area contributed by atoms with Crippen molar-refractivity contribution in [2.75, 3.05) is 13.1 Å². The van der Waals surface area contributed by atoms with Crippen LogP contribution in [-0.4, -0.2) is 36.0 Å². The van der Waals surface area contributed by atoms with Gasteiger partial charge in [0, 0.05) is 18.6 Å². The van der Waals surface area contributed by atoms with E-state index in [4.69, 9.17) is 0 Å². The molecule has 0 aliphatic heterocycles. The predicted octanol–water partition coefficient (Wildman–Crippen LogP) is 1.24. The minimum absolute atomic E-state index is 0.186. The Kier molecular flexibility index (Phi) is 5.71. The maximum Gasteiger partial charge on any atom is 0.236 e. The summed E-state index contributed by atoms with van der Waals surface area (Å²) in [6.07, 6.45) is 0. The summed E-state index contributed by atoms with van der Waals surface area (Å²) in [5, 5.41) is 3.12. The molecule has 1 N–H and O–H groups in total. The summed E-state index contributed by atoms with van der Waals surface area (Å²) < 4.78 is 0. The van der Waals surface area contributed by atoms with E-state index in [9.17, 15) is 4.79 Å². The lowest BCUT2D eigenvalue weighted by molar-refractivity contribution is -0.131. The van der Waals surface area contributed by atoms with Crippen molar-refractivity contribution < 1.29 is 4.79 Å². The average Bonchev–Trinajstić information content (AvgIpc) is 2.01. The van der Waals surface area contributed by atoms with E-state index in [2.05, 4.69) is 5.32 Å². The van der Waals surface area contributed by atoms with Gasteiger partial charge in [0.2, 0.25) is 5.91 Å². The van der Waals surface area contributed by atoms with Crippen molar-refractivity contribution >= 4 is 5.91 Å². The molecule has 0 aliphatic carbocycles. The lowest BCUT2D eigenvalue weighted by Gasteiger charge is -2.25. The van der Waals surface area contributed by atoms with Crippen LogP contribution >= 0.6 is 0 Å². The quantitative estimate of drug-likeness (QED) is 0.700. The van der Waals surface area contributed by atoms with Gasteiger partial charge in [-0.3, -0.25) is 4.79 Å². The maximum atomic E-state index is 11.6. The molecule has 0 atom stereocenters. The molecule has 3 heteroatoms. The fourth-order valence-corrected chi connectivity index (χ4v) is 1.22. The SMILES string of the molecule is CCN(C(=O)CNC(C)C)C(C)C. The normalized spacial score (nSPS) is 11.0. The molecule has 0 saturated carbocycles. The first-order chi connectivity index (χ1) is 5.99. The second-order valence-corrected chi connectivity index (χ2v) is 3.81. The highest BCUT2D eigenvalue weighted by Gasteiger charge is 2.14. The van der Waals surface area contributed by atoms with Gasteiger partial charge in [-0.2, -0.15) is 0 Å². The average molecular weight is 186 g/mol. The van der Waals surface area contributed by atoms with Gasteiger partial charge in [0.1, 0.15) is 0 Å². The van der Waals surface area contributed by atoms with Gasteiger partial charge in [-0.05, 0) is 20.8 Å². The second kappa shape index (κ2) is 5.97. The van der Waals surface area contributed by atoms with Crippen molar-refractivity contribution in [3.05, 3.63) is 0 Å². The van der Waals surface area contributed by atoms with E-state index in [0.717, 1.165) is 6.54 Å². The van der Waals surface area contributed by atoms with E-state index in [1.807, 2.05) is 39.5 Å². The minimum Gasteiger partial charge on any atom is -0.339 e. The molecular weight excluding hydrogens is 164 g/mol. The zero-order valence-electron chi connectivity index (χ0n) is 9.42. The fraction of sp³-hybridized carbons (Fsp3) is 0.900. The molecule has 3 nitrogen and oxygen atoms in total. The fourth-order valence-electron chi connectivity index (χ4n) is 1.22. The van der Waals surface area contributed by atoms with Crippen molar-refractivity contribution in [1.29, 1.82) is 0 Å².